The van der Waals surface area contributed by atoms with Gasteiger partial charge in [0.05, 0.1) is 44.4 Å². The molecule has 1 N–H and O–H groups in total. The van der Waals surface area contributed by atoms with E-state index in [1.807, 2.05) is 29.9 Å². The van der Waals surface area contributed by atoms with Gasteiger partial charge in [-0.2, -0.15) is 0 Å². The van der Waals surface area contributed by atoms with Crippen LogP contribution in [0, 0.1) is 5.82 Å². The predicted molar refractivity (Wildman–Crippen MR) is 109 cm³/mol. The van der Waals surface area contributed by atoms with Crippen molar-refractivity contribution in [1.29, 1.82) is 0 Å². The van der Waals surface area contributed by atoms with Gasteiger partial charge < -0.3 is 14.8 Å². The van der Waals surface area contributed by atoms with E-state index in [4.69, 9.17) is 9.47 Å². The van der Waals surface area contributed by atoms with Gasteiger partial charge in [-0.25, -0.2) is 23.6 Å². The quantitative estimate of drug-likeness (QED) is 0.504. The summed E-state index contributed by atoms with van der Waals surface area (Å²) in [6, 6.07) is 4.96. The van der Waals surface area contributed by atoms with Crippen molar-refractivity contribution < 1.29 is 13.9 Å². The van der Waals surface area contributed by atoms with Gasteiger partial charge in [0, 0.05) is 12.2 Å². The minimum atomic E-state index is -0.430. The van der Waals surface area contributed by atoms with E-state index in [2.05, 4.69) is 30.7 Å². The maximum atomic E-state index is 13.7. The molecular weight excluding hydrogens is 403 g/mol. The molecule has 0 radical (unpaired) electrons. The Hall–Kier alpha value is -3.60. The fraction of sp³-hybridized carbons (Fsp3) is 0.350. The summed E-state index contributed by atoms with van der Waals surface area (Å²) in [5.41, 5.74) is 2.67. The van der Waals surface area contributed by atoms with Gasteiger partial charge in [0.15, 0.2) is 5.65 Å². The number of halogens is 1. The van der Waals surface area contributed by atoms with Crippen LogP contribution in [0.1, 0.15) is 31.0 Å². The van der Waals surface area contributed by atoms with E-state index in [0.29, 0.717) is 35.2 Å². The minimum Gasteiger partial charge on any atom is -0.481 e. The Morgan fingerprint density at radius 3 is 3.00 bits per heavy atom. The zero-order valence-corrected chi connectivity index (χ0v) is 17.1. The molecule has 0 unspecified atom stereocenters. The minimum absolute atomic E-state index is 0.196. The van der Waals surface area contributed by atoms with Gasteiger partial charge >= 0.3 is 0 Å². The van der Waals surface area contributed by atoms with Gasteiger partial charge in [0.2, 0.25) is 5.88 Å². The van der Waals surface area contributed by atoms with Crippen molar-refractivity contribution in [3.05, 3.63) is 48.2 Å². The summed E-state index contributed by atoms with van der Waals surface area (Å²) in [4.78, 5) is 8.40. The SMILES string of the molecule is COc1ncc(F)cc1[C@@H](C)Nc1ccc2ncc(-c3cn([C@@H]4CCOC4)nn3)n2n1. The zero-order valence-electron chi connectivity index (χ0n) is 17.1. The van der Waals surface area contributed by atoms with E-state index in [1.165, 1.54) is 13.2 Å². The lowest BCUT2D eigenvalue weighted by atomic mass is 10.1. The van der Waals surface area contributed by atoms with Crippen LogP contribution in [0.2, 0.25) is 0 Å². The molecule has 5 heterocycles. The van der Waals surface area contributed by atoms with Crippen LogP contribution in [0.4, 0.5) is 10.2 Å². The predicted octanol–water partition coefficient (Wildman–Crippen LogP) is 2.67. The molecule has 4 aromatic heterocycles. The molecule has 0 amide bonds. The third-order valence-electron chi connectivity index (χ3n) is 5.28. The average Bonchev–Trinajstić information content (AvgIpc) is 3.53. The molecule has 1 saturated heterocycles. The number of nitrogens with zero attached hydrogens (tertiary/aromatic N) is 7. The first kappa shape index (κ1) is 19.4. The number of methoxy groups -OCH3 is 1. The van der Waals surface area contributed by atoms with Crippen LogP contribution in [0.3, 0.4) is 0 Å². The smallest absolute Gasteiger partial charge is 0.218 e. The van der Waals surface area contributed by atoms with E-state index in [1.54, 1.807) is 10.7 Å². The summed E-state index contributed by atoms with van der Waals surface area (Å²) in [6.45, 7) is 3.25. The number of anilines is 1. The van der Waals surface area contributed by atoms with Gasteiger partial charge in [0.1, 0.15) is 23.0 Å². The highest BCUT2D eigenvalue weighted by Gasteiger charge is 2.21. The van der Waals surface area contributed by atoms with Crippen LogP contribution in [0.25, 0.3) is 17.0 Å². The largest absolute Gasteiger partial charge is 0.481 e. The molecule has 1 aliphatic rings. The van der Waals surface area contributed by atoms with Crippen molar-refractivity contribution in [2.75, 3.05) is 25.6 Å². The summed E-state index contributed by atoms with van der Waals surface area (Å²) in [5.74, 6) is 0.515. The Morgan fingerprint density at radius 2 is 2.19 bits per heavy atom. The van der Waals surface area contributed by atoms with Crippen LogP contribution < -0.4 is 10.1 Å². The number of rotatable bonds is 6. The second kappa shape index (κ2) is 7.91. The number of nitrogens with one attached hydrogen (secondary N) is 1. The summed E-state index contributed by atoms with van der Waals surface area (Å²) >= 11 is 0. The molecule has 5 rings (SSSR count). The molecule has 31 heavy (non-hydrogen) atoms. The molecule has 2 atom stereocenters. The van der Waals surface area contributed by atoms with Gasteiger partial charge in [-0.05, 0) is 31.5 Å². The van der Waals surface area contributed by atoms with Crippen molar-refractivity contribution in [3.63, 3.8) is 0 Å². The van der Waals surface area contributed by atoms with Crippen molar-refractivity contribution in [1.82, 2.24) is 34.6 Å². The number of hydrogen-bond acceptors (Lipinski definition) is 8. The van der Waals surface area contributed by atoms with E-state index < -0.39 is 5.82 Å². The van der Waals surface area contributed by atoms with Gasteiger partial charge in [-0.3, -0.25) is 0 Å². The lowest BCUT2D eigenvalue weighted by Gasteiger charge is -2.17. The second-order valence-electron chi connectivity index (χ2n) is 7.35. The van der Waals surface area contributed by atoms with Crippen LogP contribution in [0.15, 0.2) is 36.8 Å². The van der Waals surface area contributed by atoms with Crippen molar-refractivity contribution in [2.45, 2.75) is 25.4 Å². The molecule has 10 nitrogen and oxygen atoms in total. The third-order valence-corrected chi connectivity index (χ3v) is 5.28. The molecule has 1 fully saturated rings. The standard InChI is InChI=1S/C20H21FN8O2/c1-12(15-7-13(21)8-23-20(15)30-2)24-18-3-4-19-22-9-17(29(19)26-18)16-10-28(27-25-16)14-5-6-31-11-14/h3-4,7-10,12,14H,5-6,11H2,1-2H3,(H,24,26)/t12-,14-/m1/s1. The second-order valence-corrected chi connectivity index (χ2v) is 7.35. The first-order chi connectivity index (χ1) is 15.1. The summed E-state index contributed by atoms with van der Waals surface area (Å²) < 4.78 is 27.9. The van der Waals surface area contributed by atoms with Gasteiger partial charge in [-0.15, -0.1) is 10.2 Å². The molecule has 0 spiro atoms. The van der Waals surface area contributed by atoms with Crippen molar-refractivity contribution in [2.24, 2.45) is 0 Å². The van der Waals surface area contributed by atoms with Crippen molar-refractivity contribution in [3.8, 4) is 17.3 Å². The molecule has 0 bridgehead atoms. The number of ether oxygens (including phenoxy) is 2. The first-order valence-corrected chi connectivity index (χ1v) is 9.93. The topological polar surface area (TPSA) is 104 Å². The molecule has 0 aromatic carbocycles. The number of hydrogen-bond donors (Lipinski definition) is 1. The van der Waals surface area contributed by atoms with E-state index in [9.17, 15) is 4.39 Å². The lowest BCUT2D eigenvalue weighted by Crippen LogP contribution is -2.12. The molecule has 0 aliphatic carbocycles. The highest BCUT2D eigenvalue weighted by molar-refractivity contribution is 5.59. The molecule has 160 valence electrons. The monoisotopic (exact) mass is 424 g/mol. The average molecular weight is 424 g/mol. The number of pyridine rings is 1. The van der Waals surface area contributed by atoms with Gasteiger partial charge in [0.25, 0.3) is 0 Å². The Kier molecular flexibility index (Phi) is 4.94. The molecule has 0 saturated carbocycles. The van der Waals surface area contributed by atoms with Crippen LogP contribution in [-0.2, 0) is 4.74 Å². The number of imidazole rings is 1. The Labute approximate surface area is 177 Å². The molecule has 1 aliphatic heterocycles. The molecular formula is C20H21FN8O2. The zero-order chi connectivity index (χ0) is 21.4. The lowest BCUT2D eigenvalue weighted by molar-refractivity contribution is 0.184. The maximum absolute atomic E-state index is 13.7. The molecule has 11 heteroatoms. The fourth-order valence-electron chi connectivity index (χ4n) is 3.65. The summed E-state index contributed by atoms with van der Waals surface area (Å²) in [6.07, 6.45) is 5.64. The highest BCUT2D eigenvalue weighted by atomic mass is 19.1. The molecule has 4 aromatic rings. The maximum Gasteiger partial charge on any atom is 0.218 e. The van der Waals surface area contributed by atoms with E-state index >= 15 is 0 Å². The van der Waals surface area contributed by atoms with Crippen LogP contribution >= 0.6 is 0 Å². The number of fused-ring (bicyclic) bond motifs is 1. The summed E-state index contributed by atoms with van der Waals surface area (Å²) in [7, 11) is 1.50. The van der Waals surface area contributed by atoms with Crippen molar-refractivity contribution >= 4 is 11.5 Å². The summed E-state index contributed by atoms with van der Waals surface area (Å²) in [5, 5.41) is 16.5. The number of aromatic nitrogens is 7. The fourth-order valence-corrected chi connectivity index (χ4v) is 3.65. The highest BCUT2D eigenvalue weighted by Crippen LogP contribution is 2.27. The van der Waals surface area contributed by atoms with Crippen LogP contribution in [0.5, 0.6) is 5.88 Å². The first-order valence-electron chi connectivity index (χ1n) is 9.93. The Bertz CT molecular complexity index is 1220. The Morgan fingerprint density at radius 1 is 1.29 bits per heavy atom. The normalized spacial score (nSPS) is 17.2. The Balaban J connectivity index is 1.43. The van der Waals surface area contributed by atoms with Gasteiger partial charge in [-0.1, -0.05) is 5.21 Å². The van der Waals surface area contributed by atoms with E-state index in [-0.39, 0.29) is 12.1 Å². The third kappa shape index (κ3) is 3.67. The van der Waals surface area contributed by atoms with Crippen LogP contribution in [-0.4, -0.2) is 54.9 Å². The van der Waals surface area contributed by atoms with E-state index in [0.717, 1.165) is 24.9 Å².